The molecule has 0 spiro atoms. The number of imidazole rings is 1. The van der Waals surface area contributed by atoms with Gasteiger partial charge in [-0.05, 0) is 29.8 Å². The Bertz CT molecular complexity index is 908. The fraction of sp³-hybridized carbons (Fsp3) is 0.250. The zero-order valence-electron chi connectivity index (χ0n) is 14.7. The second kappa shape index (κ2) is 7.59. The lowest BCUT2D eigenvalue weighted by Gasteiger charge is -2.32. The van der Waals surface area contributed by atoms with Crippen molar-refractivity contribution in [1.29, 1.82) is 0 Å². The molecule has 7 nitrogen and oxygen atoms in total. The van der Waals surface area contributed by atoms with E-state index >= 15 is 0 Å². The summed E-state index contributed by atoms with van der Waals surface area (Å²) in [4.78, 5) is 25.2. The first-order valence-electron chi connectivity index (χ1n) is 8.81. The highest BCUT2D eigenvalue weighted by atomic mass is 16.5. The van der Waals surface area contributed by atoms with Gasteiger partial charge in [-0.15, -0.1) is 0 Å². The smallest absolute Gasteiger partial charge is 0.327 e. The van der Waals surface area contributed by atoms with Gasteiger partial charge in [-0.1, -0.05) is 18.2 Å². The summed E-state index contributed by atoms with van der Waals surface area (Å²) in [5.74, 6) is -0.120. The normalized spacial score (nSPS) is 16.7. The molecule has 138 valence electrons. The number of carboxylic acids is 1. The molecule has 1 aliphatic rings. The summed E-state index contributed by atoms with van der Waals surface area (Å²) in [5.41, 5.74) is 3.43. The molecule has 4 rings (SSSR count). The molecule has 0 unspecified atom stereocenters. The topological polar surface area (TPSA) is 91.3 Å². The van der Waals surface area contributed by atoms with Crippen LogP contribution in [0, 0.1) is 0 Å². The number of carboxylic acid groups (broad SMARTS) is 1. The van der Waals surface area contributed by atoms with Crippen LogP contribution in [-0.2, 0) is 24.4 Å². The van der Waals surface area contributed by atoms with Crippen molar-refractivity contribution in [2.24, 2.45) is 0 Å². The van der Waals surface area contributed by atoms with Crippen LogP contribution in [0.15, 0.2) is 55.0 Å². The monoisotopic (exact) mass is 364 g/mol. The molecule has 1 aromatic carbocycles. The van der Waals surface area contributed by atoms with Gasteiger partial charge in [0.25, 0.3) is 0 Å². The molecule has 7 heteroatoms. The molecule has 2 N–H and O–H groups in total. The van der Waals surface area contributed by atoms with Gasteiger partial charge in [0.05, 0.1) is 17.7 Å². The molecule has 0 saturated carbocycles. The van der Waals surface area contributed by atoms with Crippen LogP contribution in [0.3, 0.4) is 0 Å². The summed E-state index contributed by atoms with van der Waals surface area (Å²) in [6, 6.07) is 12.7. The van der Waals surface area contributed by atoms with E-state index in [4.69, 9.17) is 4.74 Å². The number of aliphatic carboxylic acids is 1. The standard InChI is InChI=1S/C20H20N4O3/c25-20(26)19-18-17(22-13-23-18)8-10-24(19)11-14-4-6-16(7-5-14)27-12-15-3-1-2-9-21-15/h1-7,9,13,19H,8,10-12H2,(H,22,23)(H,25,26)/t19-/m0/s1. The van der Waals surface area contributed by atoms with Gasteiger partial charge in [-0.3, -0.25) is 14.7 Å². The third kappa shape index (κ3) is 3.83. The summed E-state index contributed by atoms with van der Waals surface area (Å²) in [6.07, 6.45) is 4.08. The number of carbonyl (C=O) groups is 1. The number of nitrogens with one attached hydrogen (secondary N) is 1. The SMILES string of the molecule is O=C(O)[C@@H]1c2nc[nH]c2CCN1Cc1ccc(OCc2ccccn2)cc1. The van der Waals surface area contributed by atoms with Crippen molar-refractivity contribution in [3.8, 4) is 5.75 Å². The molecule has 1 aliphatic heterocycles. The Kier molecular flexibility index (Phi) is 4.84. The number of pyridine rings is 1. The zero-order chi connectivity index (χ0) is 18.6. The molecule has 0 saturated heterocycles. The fourth-order valence-electron chi connectivity index (χ4n) is 3.33. The Morgan fingerprint density at radius 3 is 2.81 bits per heavy atom. The average molecular weight is 364 g/mol. The second-order valence-corrected chi connectivity index (χ2v) is 6.48. The number of aromatic amines is 1. The summed E-state index contributed by atoms with van der Waals surface area (Å²) in [7, 11) is 0. The van der Waals surface area contributed by atoms with E-state index in [9.17, 15) is 9.90 Å². The van der Waals surface area contributed by atoms with E-state index in [1.54, 1.807) is 12.5 Å². The van der Waals surface area contributed by atoms with Crippen molar-refractivity contribution in [3.05, 3.63) is 77.6 Å². The van der Waals surface area contributed by atoms with E-state index in [-0.39, 0.29) is 0 Å². The Morgan fingerprint density at radius 1 is 1.22 bits per heavy atom. The minimum Gasteiger partial charge on any atom is -0.487 e. The van der Waals surface area contributed by atoms with Crippen LogP contribution in [0.5, 0.6) is 5.75 Å². The molecule has 0 fully saturated rings. The number of aromatic nitrogens is 3. The number of ether oxygens (including phenoxy) is 1. The van der Waals surface area contributed by atoms with Crippen molar-refractivity contribution in [1.82, 2.24) is 19.9 Å². The Hall–Kier alpha value is -3.19. The van der Waals surface area contributed by atoms with Crippen LogP contribution in [0.1, 0.15) is 28.7 Å². The van der Waals surface area contributed by atoms with Gasteiger partial charge in [-0.25, -0.2) is 4.98 Å². The molecule has 0 radical (unpaired) electrons. The largest absolute Gasteiger partial charge is 0.487 e. The number of H-pyrrole nitrogens is 1. The molecule has 0 bridgehead atoms. The maximum absolute atomic E-state index is 11.8. The molecule has 1 atom stereocenters. The quantitative estimate of drug-likeness (QED) is 0.698. The minimum atomic E-state index is -0.877. The predicted molar refractivity (Wildman–Crippen MR) is 98.1 cm³/mol. The highest BCUT2D eigenvalue weighted by molar-refractivity contribution is 5.75. The maximum atomic E-state index is 11.8. The van der Waals surface area contributed by atoms with Crippen LogP contribution < -0.4 is 4.74 Å². The highest BCUT2D eigenvalue weighted by Gasteiger charge is 2.34. The first kappa shape index (κ1) is 17.2. The second-order valence-electron chi connectivity index (χ2n) is 6.48. The molecular formula is C20H20N4O3. The molecule has 3 heterocycles. The molecule has 0 aliphatic carbocycles. The lowest BCUT2D eigenvalue weighted by Crippen LogP contribution is -2.39. The van der Waals surface area contributed by atoms with Crippen LogP contribution in [0.25, 0.3) is 0 Å². The summed E-state index contributed by atoms with van der Waals surface area (Å²) in [6.45, 7) is 1.63. The zero-order valence-corrected chi connectivity index (χ0v) is 14.7. The lowest BCUT2D eigenvalue weighted by atomic mass is 10.0. The maximum Gasteiger partial charge on any atom is 0.327 e. The van der Waals surface area contributed by atoms with E-state index in [1.165, 1.54) is 0 Å². The highest BCUT2D eigenvalue weighted by Crippen LogP contribution is 2.29. The summed E-state index contributed by atoms with van der Waals surface area (Å²) >= 11 is 0. The van der Waals surface area contributed by atoms with E-state index < -0.39 is 12.0 Å². The number of fused-ring (bicyclic) bond motifs is 1. The van der Waals surface area contributed by atoms with Crippen molar-refractivity contribution >= 4 is 5.97 Å². The van der Waals surface area contributed by atoms with Crippen molar-refractivity contribution in [2.75, 3.05) is 6.54 Å². The van der Waals surface area contributed by atoms with Gasteiger partial charge in [-0.2, -0.15) is 0 Å². The van der Waals surface area contributed by atoms with E-state index in [0.29, 0.717) is 25.4 Å². The molecule has 3 aromatic rings. The number of rotatable bonds is 6. The van der Waals surface area contributed by atoms with E-state index in [2.05, 4.69) is 15.0 Å². The first-order valence-corrected chi connectivity index (χ1v) is 8.81. The van der Waals surface area contributed by atoms with E-state index in [1.807, 2.05) is 47.4 Å². The van der Waals surface area contributed by atoms with Crippen LogP contribution in [0.4, 0.5) is 0 Å². The van der Waals surface area contributed by atoms with Crippen molar-refractivity contribution < 1.29 is 14.6 Å². The predicted octanol–water partition coefficient (Wildman–Crippen LogP) is 2.57. The van der Waals surface area contributed by atoms with Crippen molar-refractivity contribution in [3.63, 3.8) is 0 Å². The van der Waals surface area contributed by atoms with Gasteiger partial charge < -0.3 is 14.8 Å². The fourth-order valence-corrected chi connectivity index (χ4v) is 3.33. The van der Waals surface area contributed by atoms with Gasteiger partial charge in [0, 0.05) is 31.4 Å². The van der Waals surface area contributed by atoms with Crippen LogP contribution in [-0.4, -0.2) is 37.5 Å². The lowest BCUT2D eigenvalue weighted by molar-refractivity contribution is -0.144. The van der Waals surface area contributed by atoms with Crippen LogP contribution >= 0.6 is 0 Å². The van der Waals surface area contributed by atoms with Gasteiger partial charge in [0.1, 0.15) is 12.4 Å². The molecule has 2 aromatic heterocycles. The van der Waals surface area contributed by atoms with Gasteiger partial charge >= 0.3 is 5.97 Å². The minimum absolute atomic E-state index is 0.412. The Morgan fingerprint density at radius 2 is 2.07 bits per heavy atom. The Labute approximate surface area is 156 Å². The number of hydrogen-bond acceptors (Lipinski definition) is 5. The summed E-state index contributed by atoms with van der Waals surface area (Å²) in [5, 5.41) is 9.65. The Balaban J connectivity index is 1.41. The number of hydrogen-bond donors (Lipinski definition) is 2. The molecular weight excluding hydrogens is 344 g/mol. The first-order chi connectivity index (χ1) is 13.2. The summed E-state index contributed by atoms with van der Waals surface area (Å²) < 4.78 is 5.75. The van der Waals surface area contributed by atoms with Crippen LogP contribution in [0.2, 0.25) is 0 Å². The third-order valence-corrected chi connectivity index (χ3v) is 4.68. The molecule has 0 amide bonds. The number of nitrogens with zero attached hydrogens (tertiary/aromatic N) is 3. The van der Waals surface area contributed by atoms with E-state index in [0.717, 1.165) is 29.1 Å². The third-order valence-electron chi connectivity index (χ3n) is 4.68. The average Bonchev–Trinajstić information content (AvgIpc) is 3.16. The van der Waals surface area contributed by atoms with Crippen molar-refractivity contribution in [2.45, 2.75) is 25.6 Å². The number of benzene rings is 1. The van der Waals surface area contributed by atoms with Gasteiger partial charge in [0.15, 0.2) is 6.04 Å². The molecule has 27 heavy (non-hydrogen) atoms. The van der Waals surface area contributed by atoms with Gasteiger partial charge in [0.2, 0.25) is 0 Å².